The van der Waals surface area contributed by atoms with Gasteiger partial charge < -0.3 is 9.84 Å². The highest BCUT2D eigenvalue weighted by molar-refractivity contribution is 6.30. The Morgan fingerprint density at radius 1 is 1.23 bits per heavy atom. The monoisotopic (exact) mass is 375 g/mol. The maximum atomic E-state index is 13.8. The van der Waals surface area contributed by atoms with Crippen LogP contribution in [0.4, 0.5) is 4.39 Å². The van der Waals surface area contributed by atoms with Gasteiger partial charge in [-0.05, 0) is 48.9 Å². The highest BCUT2D eigenvalue weighted by Crippen LogP contribution is 2.30. The lowest BCUT2D eigenvalue weighted by Gasteiger charge is -2.08. The van der Waals surface area contributed by atoms with Crippen molar-refractivity contribution in [3.05, 3.63) is 64.1 Å². The van der Waals surface area contributed by atoms with E-state index in [0.29, 0.717) is 22.2 Å². The highest BCUT2D eigenvalue weighted by Gasteiger charge is 2.22. The van der Waals surface area contributed by atoms with E-state index in [0.717, 1.165) is 6.07 Å². The quantitative estimate of drug-likeness (QED) is 0.706. The molecule has 0 spiro atoms. The van der Waals surface area contributed by atoms with Gasteiger partial charge in [0.2, 0.25) is 0 Å². The second kappa shape index (κ2) is 6.80. The van der Waals surface area contributed by atoms with E-state index in [4.69, 9.17) is 16.3 Å². The van der Waals surface area contributed by atoms with Crippen LogP contribution in [0, 0.1) is 12.7 Å². The van der Waals surface area contributed by atoms with Crippen LogP contribution in [-0.4, -0.2) is 28.7 Å². The summed E-state index contributed by atoms with van der Waals surface area (Å²) in [5.41, 5.74) is 1.69. The smallest absolute Gasteiger partial charge is 0.310 e. The van der Waals surface area contributed by atoms with Crippen LogP contribution < -0.4 is 0 Å². The molecule has 1 heterocycles. The van der Waals surface area contributed by atoms with Crippen molar-refractivity contribution in [3.63, 3.8) is 0 Å². The third-order valence-electron chi connectivity index (χ3n) is 4.24. The van der Waals surface area contributed by atoms with Crippen molar-refractivity contribution in [3.8, 4) is 5.75 Å². The van der Waals surface area contributed by atoms with Crippen molar-refractivity contribution in [2.45, 2.75) is 13.3 Å². The van der Waals surface area contributed by atoms with Gasteiger partial charge >= 0.3 is 5.97 Å². The molecule has 7 heteroatoms. The van der Waals surface area contributed by atoms with Crippen molar-refractivity contribution >= 4 is 34.4 Å². The molecule has 0 radical (unpaired) electrons. The van der Waals surface area contributed by atoms with Gasteiger partial charge in [0.1, 0.15) is 11.6 Å². The number of phenolic OH excluding ortho intramolecular Hbond substituents is 1. The molecule has 5 nitrogen and oxygen atoms in total. The molecule has 0 aliphatic rings. The predicted molar refractivity (Wildman–Crippen MR) is 95.2 cm³/mol. The van der Waals surface area contributed by atoms with Crippen molar-refractivity contribution in [2.75, 3.05) is 7.11 Å². The highest BCUT2D eigenvalue weighted by atomic mass is 35.5. The zero-order valence-corrected chi connectivity index (χ0v) is 14.8. The number of halogens is 2. The predicted octanol–water partition coefficient (Wildman–Crippen LogP) is 3.85. The van der Waals surface area contributed by atoms with E-state index < -0.39 is 17.7 Å². The summed E-state index contributed by atoms with van der Waals surface area (Å²) in [4.78, 5) is 24.7. The Balaban J connectivity index is 2.22. The lowest BCUT2D eigenvalue weighted by Crippen LogP contribution is -2.14. The maximum absolute atomic E-state index is 13.8. The normalized spacial score (nSPS) is 10.9. The van der Waals surface area contributed by atoms with Crippen LogP contribution in [0.25, 0.3) is 10.9 Å². The number of methoxy groups -OCH3 is 1. The fourth-order valence-electron chi connectivity index (χ4n) is 2.93. The third kappa shape index (κ3) is 3.04. The number of nitrogens with zero attached hydrogens (tertiary/aromatic N) is 1. The second-order valence-electron chi connectivity index (χ2n) is 5.79. The topological polar surface area (TPSA) is 68.5 Å². The number of carbonyl (C=O) groups is 2. The first-order chi connectivity index (χ1) is 12.3. The Morgan fingerprint density at radius 2 is 1.96 bits per heavy atom. The largest absolute Gasteiger partial charge is 0.508 e. The number of esters is 1. The third-order valence-corrected chi connectivity index (χ3v) is 4.54. The Kier molecular flexibility index (Phi) is 4.70. The lowest BCUT2D eigenvalue weighted by molar-refractivity contribution is -0.139. The van der Waals surface area contributed by atoms with Gasteiger partial charge in [-0.2, -0.15) is 0 Å². The van der Waals surface area contributed by atoms with Crippen molar-refractivity contribution in [2.24, 2.45) is 0 Å². The van der Waals surface area contributed by atoms with Gasteiger partial charge in [0.05, 0.1) is 24.1 Å². The van der Waals surface area contributed by atoms with E-state index >= 15 is 0 Å². The zero-order valence-electron chi connectivity index (χ0n) is 14.0. The van der Waals surface area contributed by atoms with Gasteiger partial charge in [-0.25, -0.2) is 4.39 Å². The minimum atomic E-state index is -0.695. The van der Waals surface area contributed by atoms with E-state index in [1.54, 1.807) is 13.0 Å². The molecule has 1 N–H and O–H groups in total. The number of phenols is 1. The SMILES string of the molecule is COC(=O)Cc1c(C)n(C(=O)c2ccc(Cl)c(F)c2)c2ccc(O)cc12. The molecule has 3 aromatic rings. The molecule has 0 saturated carbocycles. The molecule has 0 bridgehead atoms. The van der Waals surface area contributed by atoms with Crippen LogP contribution in [0.3, 0.4) is 0 Å². The zero-order chi connectivity index (χ0) is 19.0. The summed E-state index contributed by atoms with van der Waals surface area (Å²) >= 11 is 5.68. The first-order valence-corrected chi connectivity index (χ1v) is 8.10. The summed E-state index contributed by atoms with van der Waals surface area (Å²) in [6.45, 7) is 1.68. The average molecular weight is 376 g/mol. The number of hydrogen-bond donors (Lipinski definition) is 1. The van der Waals surface area contributed by atoms with Gasteiger partial charge in [-0.1, -0.05) is 11.6 Å². The summed E-state index contributed by atoms with van der Waals surface area (Å²) in [6, 6.07) is 8.30. The molecular weight excluding hydrogens is 361 g/mol. The molecule has 0 fully saturated rings. The van der Waals surface area contributed by atoms with E-state index in [2.05, 4.69) is 0 Å². The molecule has 0 aliphatic carbocycles. The number of aromatic hydroxyl groups is 1. The van der Waals surface area contributed by atoms with Crippen LogP contribution in [0.2, 0.25) is 5.02 Å². The van der Waals surface area contributed by atoms with Crippen LogP contribution in [0.15, 0.2) is 36.4 Å². The first kappa shape index (κ1) is 17.9. The van der Waals surface area contributed by atoms with E-state index in [1.807, 2.05) is 0 Å². The van der Waals surface area contributed by atoms with E-state index in [-0.39, 0.29) is 22.8 Å². The molecule has 0 aliphatic heterocycles. The van der Waals surface area contributed by atoms with Crippen LogP contribution in [0.1, 0.15) is 21.6 Å². The van der Waals surface area contributed by atoms with Gasteiger partial charge in [-0.3, -0.25) is 14.2 Å². The van der Waals surface area contributed by atoms with Gasteiger partial charge in [-0.15, -0.1) is 0 Å². The maximum Gasteiger partial charge on any atom is 0.310 e. The van der Waals surface area contributed by atoms with Gasteiger partial charge in [0, 0.05) is 16.6 Å². The Labute approximate surface area is 153 Å². The number of aromatic nitrogens is 1. The molecule has 0 unspecified atom stereocenters. The summed E-state index contributed by atoms with van der Waals surface area (Å²) in [6.07, 6.45) is -0.0580. The molecule has 3 rings (SSSR count). The Morgan fingerprint density at radius 3 is 2.62 bits per heavy atom. The molecule has 2 aromatic carbocycles. The fraction of sp³-hybridized carbons (Fsp3) is 0.158. The van der Waals surface area contributed by atoms with Gasteiger partial charge in [0.25, 0.3) is 5.91 Å². The molecule has 26 heavy (non-hydrogen) atoms. The van der Waals surface area contributed by atoms with Crippen LogP contribution in [0.5, 0.6) is 5.75 Å². The lowest BCUT2D eigenvalue weighted by atomic mass is 10.1. The minimum absolute atomic E-state index is 0.00533. The number of fused-ring (bicyclic) bond motifs is 1. The number of rotatable bonds is 3. The number of hydrogen-bond acceptors (Lipinski definition) is 4. The molecule has 134 valence electrons. The Hall–Kier alpha value is -2.86. The van der Waals surface area contributed by atoms with Crippen molar-refractivity contribution in [1.29, 1.82) is 0 Å². The number of benzene rings is 2. The van der Waals surface area contributed by atoms with Crippen LogP contribution >= 0.6 is 11.6 Å². The number of ether oxygens (including phenoxy) is 1. The summed E-state index contributed by atoms with van der Waals surface area (Å²) in [5.74, 6) is -1.63. The number of carbonyl (C=O) groups excluding carboxylic acids is 2. The van der Waals surface area contributed by atoms with Gasteiger partial charge in [0.15, 0.2) is 0 Å². The van der Waals surface area contributed by atoms with Crippen LogP contribution in [-0.2, 0) is 16.0 Å². The standard InChI is InChI=1S/C19H15ClFNO4/c1-10-13(9-18(24)26-2)14-8-12(23)4-6-17(14)22(10)19(25)11-3-5-15(20)16(21)7-11/h3-8,23H,9H2,1-2H3. The summed E-state index contributed by atoms with van der Waals surface area (Å²) < 4.78 is 19.9. The average Bonchev–Trinajstić information content (AvgIpc) is 2.88. The van der Waals surface area contributed by atoms with Crippen molar-refractivity contribution < 1.29 is 23.8 Å². The first-order valence-electron chi connectivity index (χ1n) is 7.73. The molecule has 0 amide bonds. The fourth-order valence-corrected chi connectivity index (χ4v) is 3.05. The molecule has 0 atom stereocenters. The second-order valence-corrected chi connectivity index (χ2v) is 6.19. The Bertz CT molecular complexity index is 1040. The summed E-state index contributed by atoms with van der Waals surface area (Å²) in [7, 11) is 1.27. The van der Waals surface area contributed by atoms with E-state index in [1.165, 1.54) is 35.9 Å². The van der Waals surface area contributed by atoms with Crippen molar-refractivity contribution in [1.82, 2.24) is 4.57 Å². The summed E-state index contributed by atoms with van der Waals surface area (Å²) in [5, 5.41) is 10.3. The molecule has 1 aromatic heterocycles. The molecular formula is C19H15ClFNO4. The van der Waals surface area contributed by atoms with E-state index in [9.17, 15) is 19.1 Å². The molecule has 0 saturated heterocycles. The minimum Gasteiger partial charge on any atom is -0.508 e.